The van der Waals surface area contributed by atoms with Gasteiger partial charge < -0.3 is 25.0 Å². The van der Waals surface area contributed by atoms with Crippen molar-refractivity contribution < 1.29 is 33.6 Å². The first-order valence-corrected chi connectivity index (χ1v) is 18.3. The number of hydrogen-bond donors (Lipinski definition) is 3. The molecular weight excluding hydrogens is 609 g/mol. The van der Waals surface area contributed by atoms with Crippen molar-refractivity contribution in [2.45, 2.75) is 142 Å². The number of aliphatic hydroxyl groups excluding tert-OH is 1. The molecule has 10 nitrogen and oxygen atoms in total. The number of rotatable bonds is 17. The van der Waals surface area contributed by atoms with E-state index >= 15 is 0 Å². The molecule has 1 aromatic rings. The number of nitrogens with zero attached hydrogens (tertiary/aromatic N) is 1. The maximum atomic E-state index is 13.5. The highest BCUT2D eigenvalue weighted by Gasteiger charge is 2.68. The molecule has 4 fully saturated rings. The van der Waals surface area contributed by atoms with Crippen molar-refractivity contribution in [3.05, 3.63) is 35.4 Å². The quantitative estimate of drug-likeness (QED) is 0.120. The van der Waals surface area contributed by atoms with Gasteiger partial charge in [-0.2, -0.15) is 0 Å². The molecule has 4 amide bonds. The predicted molar refractivity (Wildman–Crippen MR) is 184 cm³/mol. The molecule has 5 aliphatic rings. The molecule has 1 aromatic carbocycles. The molecule has 6 rings (SSSR count). The van der Waals surface area contributed by atoms with E-state index in [2.05, 4.69) is 45.3 Å². The minimum atomic E-state index is -1.07. The minimum absolute atomic E-state index is 0.00265. The first kappa shape index (κ1) is 36.5. The number of benzene rings is 1. The molecule has 11 heteroatoms. The Balaban J connectivity index is 0.999. The highest BCUT2D eigenvalue weighted by atomic mass is 16.7. The highest BCUT2D eigenvalue weighted by Crippen LogP contribution is 2.65. The second-order valence-electron chi connectivity index (χ2n) is 15.9. The van der Waals surface area contributed by atoms with Crippen LogP contribution in [0.2, 0.25) is 0 Å². The van der Waals surface area contributed by atoms with E-state index in [1.54, 1.807) is 24.3 Å². The Morgan fingerprint density at radius 2 is 1.54 bits per heavy atom. The number of carbonyl (C=O) groups excluding carboxylic acids is 4. The number of carbonyl (C=O) groups is 4. The van der Waals surface area contributed by atoms with Gasteiger partial charge in [-0.15, -0.1) is 0 Å². The molecule has 2 bridgehead atoms. The Labute approximate surface area is 286 Å². The van der Waals surface area contributed by atoms with Crippen LogP contribution in [-0.4, -0.2) is 77.1 Å². The van der Waals surface area contributed by atoms with E-state index in [1.165, 1.54) is 11.8 Å². The Hall–Kier alpha value is -2.76. The van der Waals surface area contributed by atoms with Crippen LogP contribution < -0.4 is 10.6 Å². The maximum Gasteiger partial charge on any atom is 0.481 e. The number of aliphatic hydroxyl groups is 1. The first-order valence-electron chi connectivity index (χ1n) is 18.3. The van der Waals surface area contributed by atoms with Crippen LogP contribution in [0.3, 0.4) is 0 Å². The van der Waals surface area contributed by atoms with Crippen LogP contribution in [0.4, 0.5) is 0 Å². The predicted octanol–water partition coefficient (Wildman–Crippen LogP) is 5.07. The van der Waals surface area contributed by atoms with Gasteiger partial charge in [-0.1, -0.05) is 71.9 Å². The molecule has 0 spiro atoms. The van der Waals surface area contributed by atoms with Crippen molar-refractivity contribution in [1.29, 1.82) is 0 Å². The first-order chi connectivity index (χ1) is 22.7. The molecule has 3 aliphatic carbocycles. The third-order valence-electron chi connectivity index (χ3n) is 11.6. The molecule has 0 radical (unpaired) electrons. The van der Waals surface area contributed by atoms with Crippen molar-refractivity contribution in [3.8, 4) is 0 Å². The van der Waals surface area contributed by atoms with Gasteiger partial charge in [-0.05, 0) is 81.3 Å². The monoisotopic (exact) mass is 665 g/mol. The number of unbranched alkanes of at least 4 members (excludes halogenated alkanes) is 6. The van der Waals surface area contributed by atoms with E-state index in [-0.39, 0.29) is 47.2 Å². The van der Waals surface area contributed by atoms with Gasteiger partial charge in [0.25, 0.3) is 11.8 Å². The van der Waals surface area contributed by atoms with Crippen LogP contribution in [0.5, 0.6) is 0 Å². The third kappa shape index (κ3) is 7.53. The average molecular weight is 666 g/mol. The molecule has 3 N–H and O–H groups in total. The van der Waals surface area contributed by atoms with E-state index in [0.29, 0.717) is 42.3 Å². The fourth-order valence-electron chi connectivity index (χ4n) is 8.62. The lowest BCUT2D eigenvalue weighted by atomic mass is 9.43. The normalized spacial score (nSPS) is 27.3. The third-order valence-corrected chi connectivity index (χ3v) is 11.6. The molecule has 0 unspecified atom stereocenters. The average Bonchev–Trinajstić information content (AvgIpc) is 3.51. The summed E-state index contributed by atoms with van der Waals surface area (Å²) in [5.41, 5.74) is 0.808. The minimum Gasteiger partial charge on any atom is -0.404 e. The zero-order chi connectivity index (χ0) is 34.8. The summed E-state index contributed by atoms with van der Waals surface area (Å²) in [6, 6.07) is 5.88. The summed E-state index contributed by atoms with van der Waals surface area (Å²) in [6.45, 7) is 12.9. The van der Waals surface area contributed by atoms with Crippen LogP contribution >= 0.6 is 0 Å². The Morgan fingerprint density at radius 1 is 0.938 bits per heavy atom. The van der Waals surface area contributed by atoms with E-state index in [9.17, 15) is 24.3 Å². The number of imide groups is 1. The Morgan fingerprint density at radius 3 is 2.12 bits per heavy atom. The van der Waals surface area contributed by atoms with Gasteiger partial charge in [0.2, 0.25) is 11.8 Å². The van der Waals surface area contributed by atoms with Crippen molar-refractivity contribution in [2.75, 3.05) is 6.54 Å². The van der Waals surface area contributed by atoms with Gasteiger partial charge >= 0.3 is 7.12 Å². The van der Waals surface area contributed by atoms with Crippen LogP contribution in [-0.2, 0) is 18.9 Å². The summed E-state index contributed by atoms with van der Waals surface area (Å²) < 4.78 is 13.1. The molecule has 7 atom stereocenters. The molecule has 1 saturated heterocycles. The van der Waals surface area contributed by atoms with Gasteiger partial charge in [0.05, 0.1) is 34.9 Å². The van der Waals surface area contributed by atoms with Crippen LogP contribution in [0.15, 0.2) is 24.3 Å². The lowest BCUT2D eigenvalue weighted by Gasteiger charge is -2.64. The van der Waals surface area contributed by atoms with E-state index in [1.807, 2.05) is 0 Å². The van der Waals surface area contributed by atoms with Gasteiger partial charge in [0, 0.05) is 13.0 Å². The summed E-state index contributed by atoms with van der Waals surface area (Å²) >= 11 is 0. The smallest absolute Gasteiger partial charge is 0.404 e. The molecular formula is C37H56BN3O7. The Bertz CT molecular complexity index is 1320. The SMILES string of the molecule is CC(C)C[C@H](NC(=O)[C@@H](NC(=O)CCCCCCCCCN1C(=O)c2ccccc2C1=O)[C@@H](C)O)B1O[C@@H]2C[C@@H]3C[C@@H](C3(C)C)[C@]2(C)O1. The van der Waals surface area contributed by atoms with Crippen LogP contribution in [0, 0.1) is 23.2 Å². The molecule has 48 heavy (non-hydrogen) atoms. The molecule has 0 aromatic heterocycles. The number of hydrogen-bond acceptors (Lipinski definition) is 7. The standard InChI is InChI=1S/C37H56BN3O7/c1-23(2)20-30(38-47-29-22-25-21-28(36(25,4)5)37(29,6)48-38)39-33(44)32(24(3)42)40-31(43)18-12-10-8-7-9-11-15-19-41-34(45)26-16-13-14-17-27(26)35(41)46/h13-14,16-17,23-25,28-30,32,42H,7-12,15,18-22H2,1-6H3,(H,39,44)(H,40,43)/t24-,25+,28+,29-,30+,32+,37+/m1/s1. The van der Waals surface area contributed by atoms with Crippen molar-refractivity contribution >= 4 is 30.7 Å². The zero-order valence-electron chi connectivity index (χ0n) is 29.8. The fourth-order valence-corrected chi connectivity index (χ4v) is 8.62. The van der Waals surface area contributed by atoms with E-state index in [4.69, 9.17) is 9.31 Å². The zero-order valence-corrected chi connectivity index (χ0v) is 29.8. The summed E-state index contributed by atoms with van der Waals surface area (Å²) in [7, 11) is -0.575. The lowest BCUT2D eigenvalue weighted by molar-refractivity contribution is -0.199. The summed E-state index contributed by atoms with van der Waals surface area (Å²) in [5, 5.41) is 16.3. The summed E-state index contributed by atoms with van der Waals surface area (Å²) in [5.74, 6) is -0.178. The topological polar surface area (TPSA) is 134 Å². The highest BCUT2D eigenvalue weighted by molar-refractivity contribution is 6.48. The van der Waals surface area contributed by atoms with E-state index < -0.39 is 31.1 Å². The molecule has 3 saturated carbocycles. The largest absolute Gasteiger partial charge is 0.481 e. The van der Waals surface area contributed by atoms with Crippen LogP contribution in [0.25, 0.3) is 0 Å². The number of nitrogens with one attached hydrogen (secondary N) is 2. The fraction of sp³-hybridized carbons (Fsp3) is 0.730. The second kappa shape index (κ2) is 15.0. The van der Waals surface area contributed by atoms with E-state index in [0.717, 1.165) is 51.4 Å². The second-order valence-corrected chi connectivity index (χ2v) is 15.9. The van der Waals surface area contributed by atoms with Gasteiger partial charge in [0.1, 0.15) is 6.04 Å². The van der Waals surface area contributed by atoms with Gasteiger partial charge in [-0.25, -0.2) is 0 Å². The van der Waals surface area contributed by atoms with Crippen molar-refractivity contribution in [3.63, 3.8) is 0 Å². The van der Waals surface area contributed by atoms with Crippen molar-refractivity contribution in [2.24, 2.45) is 23.2 Å². The maximum absolute atomic E-state index is 13.5. The van der Waals surface area contributed by atoms with Gasteiger partial charge in [-0.3, -0.25) is 24.1 Å². The van der Waals surface area contributed by atoms with Crippen LogP contribution in [0.1, 0.15) is 133 Å². The number of amides is 4. The number of fused-ring (bicyclic) bond motifs is 1. The Kier molecular flexibility index (Phi) is 11.4. The summed E-state index contributed by atoms with van der Waals surface area (Å²) in [4.78, 5) is 52.6. The summed E-state index contributed by atoms with van der Waals surface area (Å²) in [6.07, 6.45) is 8.20. The van der Waals surface area contributed by atoms with Gasteiger partial charge in [0.15, 0.2) is 0 Å². The lowest BCUT2D eigenvalue weighted by Crippen LogP contribution is -2.65. The molecule has 264 valence electrons. The van der Waals surface area contributed by atoms with Crippen molar-refractivity contribution in [1.82, 2.24) is 15.5 Å². The molecule has 2 heterocycles. The molecule has 2 aliphatic heterocycles.